The summed E-state index contributed by atoms with van der Waals surface area (Å²) >= 11 is 0. The molecule has 0 rings (SSSR count). The highest BCUT2D eigenvalue weighted by molar-refractivity contribution is 5.70. The average molecular weight is 389 g/mol. The van der Waals surface area contributed by atoms with Gasteiger partial charge >= 0.3 is 0 Å². The molecule has 0 saturated heterocycles. The fraction of sp³-hybridized carbons (Fsp3) is 0. The number of nitrogens with zero attached hydrogens (tertiary/aromatic N) is 9. The third kappa shape index (κ3) is 14.4. The summed E-state index contributed by atoms with van der Waals surface area (Å²) in [6, 6.07) is 4.79. The molecule has 0 aliphatic rings. The first-order chi connectivity index (χ1) is 13.5. The summed E-state index contributed by atoms with van der Waals surface area (Å²) in [6.45, 7) is 26.1. The van der Waals surface area contributed by atoms with Gasteiger partial charge in [-0.1, -0.05) is 12.2 Å². The highest BCUT2D eigenvalue weighted by Gasteiger charge is 1.96. The van der Waals surface area contributed by atoms with E-state index in [1.165, 1.54) is 18.2 Å². The van der Waals surface area contributed by atoms with Gasteiger partial charge in [0.2, 0.25) is 5.70 Å². The highest BCUT2D eigenvalue weighted by Crippen LogP contribution is 2.06. The SMILES string of the molecule is [C-]#[N+]/C(C#N)=C/C(=C=[N-])/C=C(\C#N)[N+]#[C-].[C-]#[N+]C(=C=[N-])C=C/C=C(\C#N)[N+]#[C-].[CH3+].[CH3+]. The van der Waals surface area contributed by atoms with Gasteiger partial charge in [-0.05, 0) is 23.8 Å². The maximum absolute atomic E-state index is 8.61. The minimum Gasteiger partial charge on any atom is -0.775 e. The molecule has 0 fully saturated rings. The van der Waals surface area contributed by atoms with Crippen molar-refractivity contribution >= 4 is 11.7 Å². The van der Waals surface area contributed by atoms with Gasteiger partial charge in [-0.25, -0.2) is 35.2 Å². The summed E-state index contributed by atoms with van der Waals surface area (Å²) in [5, 5.41) is 42.1. The van der Waals surface area contributed by atoms with E-state index < -0.39 is 0 Å². The molecule has 0 bridgehead atoms. The van der Waals surface area contributed by atoms with E-state index in [0.717, 1.165) is 12.2 Å². The van der Waals surface area contributed by atoms with Crippen LogP contribution in [0.5, 0.6) is 0 Å². The van der Waals surface area contributed by atoms with Gasteiger partial charge in [0.1, 0.15) is 0 Å². The second kappa shape index (κ2) is 21.1. The first kappa shape index (κ1) is 31.8. The molecule has 0 atom stereocenters. The molecule has 0 saturated carbocycles. The molecule has 0 radical (unpaired) electrons. The zero-order valence-electron chi connectivity index (χ0n) is 15.9. The summed E-state index contributed by atoms with van der Waals surface area (Å²) in [4.78, 5) is 11.5. The maximum Gasteiger partial charge on any atom is 0.263 e. The van der Waals surface area contributed by atoms with E-state index in [9.17, 15) is 0 Å². The molecule has 0 spiro atoms. The molecule has 0 aliphatic heterocycles. The van der Waals surface area contributed by atoms with E-state index in [-0.39, 0.29) is 43.2 Å². The summed E-state index contributed by atoms with van der Waals surface area (Å²) in [5.74, 6) is 3.32. The molecule has 0 heterocycles. The van der Waals surface area contributed by atoms with Crippen LogP contribution in [0.3, 0.4) is 0 Å². The normalized spacial score (nSPS) is 9.03. The van der Waals surface area contributed by atoms with Gasteiger partial charge in [0.05, 0.1) is 44.5 Å². The predicted molar refractivity (Wildman–Crippen MR) is 113 cm³/mol. The molecule has 30 heavy (non-hydrogen) atoms. The first-order valence-electron chi connectivity index (χ1n) is 6.56. The molecule has 9 heteroatoms. The van der Waals surface area contributed by atoms with E-state index in [1.807, 2.05) is 0 Å². The number of hydrogen-bond acceptors (Lipinski definition) is 3. The fourth-order valence-electron chi connectivity index (χ4n) is 1.01. The molecule has 0 aliphatic carbocycles. The Morgan fingerprint density at radius 3 is 1.40 bits per heavy atom. The van der Waals surface area contributed by atoms with Crippen LogP contribution in [0.25, 0.3) is 30.2 Å². The summed E-state index contributed by atoms with van der Waals surface area (Å²) in [5.41, 5.74) is -0.790. The van der Waals surface area contributed by atoms with Crippen LogP contribution in [0.15, 0.2) is 58.7 Å². The number of rotatable bonds is 4. The molecule has 9 nitrogen and oxygen atoms in total. The largest absolute Gasteiger partial charge is 0.775 e. The zero-order chi connectivity index (χ0) is 21.8. The molecule has 0 aromatic heterocycles. The minimum absolute atomic E-state index is 0. The third-order valence-electron chi connectivity index (χ3n) is 2.16. The van der Waals surface area contributed by atoms with Crippen LogP contribution < -0.4 is 0 Å². The van der Waals surface area contributed by atoms with Crippen molar-refractivity contribution in [2.24, 2.45) is 0 Å². The van der Waals surface area contributed by atoms with Crippen molar-refractivity contribution in [1.29, 1.82) is 15.8 Å². The van der Waals surface area contributed by atoms with E-state index in [2.05, 4.69) is 19.4 Å². The standard InChI is InChI=1S/C10H2N5.C9H3N4.2CH3/c1-14-9(6-12)3-8(5-11)4-10(7-13)15-2;1-12-8(6-10)4-3-5-9(7-11)13-2;;/h3-4H;3-5H;2*1H3/q2*-1;2*+1/b9-3+,10-4+;4-3?,9-5+;;. The van der Waals surface area contributed by atoms with Crippen molar-refractivity contribution < 1.29 is 0 Å². The highest BCUT2D eigenvalue weighted by atomic mass is 14.7. The second-order valence-electron chi connectivity index (χ2n) is 3.82. The van der Waals surface area contributed by atoms with Gasteiger partial charge in [-0.2, -0.15) is 0 Å². The molecule has 0 unspecified atom stereocenters. The molecule has 0 aromatic carbocycles. The van der Waals surface area contributed by atoms with E-state index in [1.54, 1.807) is 29.9 Å². The molecule has 0 amide bonds. The van der Waals surface area contributed by atoms with Crippen molar-refractivity contribution in [2.75, 3.05) is 0 Å². The number of hydrogen-bond donors (Lipinski definition) is 0. The summed E-state index contributed by atoms with van der Waals surface area (Å²) in [7, 11) is 0. The Kier molecular flexibility index (Phi) is 22.3. The second-order valence-corrected chi connectivity index (χ2v) is 3.82. The summed E-state index contributed by atoms with van der Waals surface area (Å²) < 4.78 is 0. The van der Waals surface area contributed by atoms with Crippen LogP contribution in [-0.4, -0.2) is 11.7 Å². The predicted octanol–water partition coefficient (Wildman–Crippen LogP) is 4.62. The molecular formula is C21H11N9. The van der Waals surface area contributed by atoms with Crippen molar-refractivity contribution in [1.82, 2.24) is 0 Å². The lowest BCUT2D eigenvalue weighted by Gasteiger charge is -1.91. The Bertz CT molecular complexity index is 1040. The zero-order valence-corrected chi connectivity index (χ0v) is 15.9. The van der Waals surface area contributed by atoms with Crippen molar-refractivity contribution in [2.45, 2.75) is 0 Å². The third-order valence-corrected chi connectivity index (χ3v) is 2.16. The van der Waals surface area contributed by atoms with Crippen LogP contribution in [0.4, 0.5) is 0 Å². The minimum atomic E-state index is -0.273. The van der Waals surface area contributed by atoms with Crippen molar-refractivity contribution in [3.63, 3.8) is 0 Å². The average Bonchev–Trinajstić information content (AvgIpc) is 2.75. The maximum atomic E-state index is 8.61. The van der Waals surface area contributed by atoms with Crippen LogP contribution >= 0.6 is 0 Å². The van der Waals surface area contributed by atoms with Gasteiger partial charge in [0.15, 0.2) is 0 Å². The lowest BCUT2D eigenvalue weighted by Crippen LogP contribution is -1.78. The Morgan fingerprint density at radius 2 is 1.13 bits per heavy atom. The smallest absolute Gasteiger partial charge is 0.263 e. The van der Waals surface area contributed by atoms with Gasteiger partial charge in [-0.3, -0.25) is 11.7 Å². The topological polar surface area (TPSA) is 133 Å². The fourth-order valence-corrected chi connectivity index (χ4v) is 1.01. The Labute approximate surface area is 176 Å². The van der Waals surface area contributed by atoms with Gasteiger partial charge in [0.25, 0.3) is 17.1 Å². The Morgan fingerprint density at radius 1 is 0.700 bits per heavy atom. The van der Waals surface area contributed by atoms with Gasteiger partial charge in [-0.15, -0.1) is 0 Å². The van der Waals surface area contributed by atoms with E-state index in [0.29, 0.717) is 0 Å². The van der Waals surface area contributed by atoms with E-state index >= 15 is 0 Å². The molecule has 0 aromatic rings. The van der Waals surface area contributed by atoms with Crippen LogP contribution in [-0.2, 0) is 0 Å². The summed E-state index contributed by atoms with van der Waals surface area (Å²) in [6.07, 6.45) is 5.86. The van der Waals surface area contributed by atoms with E-state index in [4.69, 9.17) is 52.9 Å². The Balaban J connectivity index is -0.000000213. The number of allylic oxidation sites excluding steroid dienone is 9. The number of nitriles is 3. The van der Waals surface area contributed by atoms with Crippen molar-refractivity contribution in [3.05, 3.63) is 130 Å². The lowest BCUT2D eigenvalue weighted by atomic mass is 10.2. The van der Waals surface area contributed by atoms with Gasteiger partial charge in [0, 0.05) is 14.9 Å². The first-order valence-corrected chi connectivity index (χ1v) is 6.56. The quantitative estimate of drug-likeness (QED) is 0.300. The van der Waals surface area contributed by atoms with Gasteiger partial charge < -0.3 is 10.8 Å². The molecular weight excluding hydrogens is 378 g/mol. The lowest BCUT2D eigenvalue weighted by molar-refractivity contribution is 1.48. The van der Waals surface area contributed by atoms with Crippen molar-refractivity contribution in [3.8, 4) is 18.2 Å². The van der Waals surface area contributed by atoms with Crippen LogP contribution in [0, 0.1) is 75.1 Å². The Hall–Kier alpha value is -5.97. The molecule has 0 N–H and O–H groups in total. The monoisotopic (exact) mass is 389 g/mol. The van der Waals surface area contributed by atoms with Crippen LogP contribution in [0.2, 0.25) is 0 Å². The van der Waals surface area contributed by atoms with Crippen LogP contribution in [0.1, 0.15) is 0 Å². The molecule has 140 valence electrons.